The number of hydrogen-bond donors (Lipinski definition) is 2. The predicted molar refractivity (Wildman–Crippen MR) is 130 cm³/mol. The Kier molecular flexibility index (Phi) is 8.94. The standard InChI is InChI=1S/C25H40N4O5/c1-17(26-23(32)34-25(5,6)7)22(31)29-20(21(30)27-24(2,3)4)10-9-15-28(29)16-18-11-13-19(33-8)14-12-18/h11-14,17,20H,9-10,15-16H2,1-8H3,(H,26,32)(H,27,30)/t17-,20?/m0/s1. The number of nitrogens with one attached hydrogen (secondary N) is 2. The van der Waals surface area contributed by atoms with Crippen molar-refractivity contribution in [1.82, 2.24) is 20.7 Å². The summed E-state index contributed by atoms with van der Waals surface area (Å²) in [5, 5.41) is 9.00. The molecule has 0 bridgehead atoms. The molecule has 1 unspecified atom stereocenters. The van der Waals surface area contributed by atoms with Crippen LogP contribution in [0.3, 0.4) is 0 Å². The Labute approximate surface area is 203 Å². The van der Waals surface area contributed by atoms with E-state index in [9.17, 15) is 14.4 Å². The molecular weight excluding hydrogens is 436 g/mol. The maximum atomic E-state index is 13.6. The highest BCUT2D eigenvalue weighted by molar-refractivity contribution is 5.91. The van der Waals surface area contributed by atoms with Crippen LogP contribution in [-0.2, 0) is 20.9 Å². The third-order valence-electron chi connectivity index (χ3n) is 5.15. The Balaban J connectivity index is 2.28. The molecule has 1 heterocycles. The fraction of sp³-hybridized carbons (Fsp3) is 0.640. The van der Waals surface area contributed by atoms with Gasteiger partial charge in [-0.05, 0) is 79.0 Å². The summed E-state index contributed by atoms with van der Waals surface area (Å²) in [6, 6.07) is 6.03. The lowest BCUT2D eigenvalue weighted by molar-refractivity contribution is -0.171. The van der Waals surface area contributed by atoms with Crippen LogP contribution in [0.4, 0.5) is 4.79 Å². The number of rotatable bonds is 6. The van der Waals surface area contributed by atoms with Gasteiger partial charge in [-0.25, -0.2) is 9.80 Å². The van der Waals surface area contributed by atoms with E-state index in [2.05, 4.69) is 10.6 Å². The highest BCUT2D eigenvalue weighted by Gasteiger charge is 2.40. The number of methoxy groups -OCH3 is 1. The first-order valence-electron chi connectivity index (χ1n) is 11.7. The first-order valence-corrected chi connectivity index (χ1v) is 11.7. The molecular formula is C25H40N4O5. The van der Waals surface area contributed by atoms with Crippen LogP contribution in [0.25, 0.3) is 0 Å². The lowest BCUT2D eigenvalue weighted by atomic mass is 10.0. The Morgan fingerprint density at radius 3 is 2.24 bits per heavy atom. The second kappa shape index (κ2) is 11.1. The number of benzene rings is 1. The van der Waals surface area contributed by atoms with Gasteiger partial charge in [0.1, 0.15) is 23.4 Å². The molecule has 2 N–H and O–H groups in total. The van der Waals surface area contributed by atoms with E-state index in [4.69, 9.17) is 9.47 Å². The van der Waals surface area contributed by atoms with E-state index in [1.54, 1.807) is 34.8 Å². The van der Waals surface area contributed by atoms with E-state index >= 15 is 0 Å². The molecule has 0 spiro atoms. The van der Waals surface area contributed by atoms with Crippen molar-refractivity contribution in [2.75, 3.05) is 13.7 Å². The van der Waals surface area contributed by atoms with E-state index in [-0.39, 0.29) is 11.8 Å². The van der Waals surface area contributed by atoms with Gasteiger partial charge < -0.3 is 20.1 Å². The van der Waals surface area contributed by atoms with Crippen molar-refractivity contribution in [3.63, 3.8) is 0 Å². The lowest BCUT2D eigenvalue weighted by Crippen LogP contribution is -2.64. The van der Waals surface area contributed by atoms with Crippen molar-refractivity contribution >= 4 is 17.9 Å². The monoisotopic (exact) mass is 476 g/mol. The topological polar surface area (TPSA) is 100 Å². The highest BCUT2D eigenvalue weighted by atomic mass is 16.6. The molecule has 34 heavy (non-hydrogen) atoms. The largest absolute Gasteiger partial charge is 0.497 e. The molecule has 1 aromatic carbocycles. The van der Waals surface area contributed by atoms with Crippen LogP contribution in [0.2, 0.25) is 0 Å². The van der Waals surface area contributed by atoms with Gasteiger partial charge >= 0.3 is 6.09 Å². The van der Waals surface area contributed by atoms with Crippen LogP contribution in [0.15, 0.2) is 24.3 Å². The van der Waals surface area contributed by atoms with Crippen molar-refractivity contribution < 1.29 is 23.9 Å². The molecule has 1 aliphatic rings. The van der Waals surface area contributed by atoms with Crippen molar-refractivity contribution in [2.45, 2.75) is 91.1 Å². The average Bonchev–Trinajstić information content (AvgIpc) is 2.71. The van der Waals surface area contributed by atoms with Gasteiger partial charge in [0, 0.05) is 18.6 Å². The highest BCUT2D eigenvalue weighted by Crippen LogP contribution is 2.24. The van der Waals surface area contributed by atoms with Gasteiger partial charge in [-0.15, -0.1) is 0 Å². The zero-order valence-electron chi connectivity index (χ0n) is 21.7. The van der Waals surface area contributed by atoms with Crippen molar-refractivity contribution in [2.24, 2.45) is 0 Å². The molecule has 1 saturated heterocycles. The summed E-state index contributed by atoms with van der Waals surface area (Å²) in [6.07, 6.45) is 0.616. The molecule has 1 aliphatic heterocycles. The van der Waals surface area contributed by atoms with Crippen LogP contribution < -0.4 is 15.4 Å². The summed E-state index contributed by atoms with van der Waals surface area (Å²) in [6.45, 7) is 13.6. The molecule has 9 nitrogen and oxygen atoms in total. The molecule has 190 valence electrons. The van der Waals surface area contributed by atoms with Gasteiger partial charge in [0.25, 0.3) is 5.91 Å². The number of ether oxygens (including phenoxy) is 2. The predicted octanol–water partition coefficient (Wildman–Crippen LogP) is 3.23. The van der Waals surface area contributed by atoms with Gasteiger partial charge in [0.05, 0.1) is 7.11 Å². The molecule has 0 aromatic heterocycles. The summed E-state index contributed by atoms with van der Waals surface area (Å²) in [5.41, 5.74) is -0.152. The fourth-order valence-corrected chi connectivity index (χ4v) is 3.72. The van der Waals surface area contributed by atoms with Crippen molar-refractivity contribution in [1.29, 1.82) is 0 Å². The smallest absolute Gasteiger partial charge is 0.408 e. The summed E-state index contributed by atoms with van der Waals surface area (Å²) in [4.78, 5) is 39.1. The average molecular weight is 477 g/mol. The van der Waals surface area contributed by atoms with E-state index in [1.165, 1.54) is 5.01 Å². The third-order valence-corrected chi connectivity index (χ3v) is 5.15. The van der Waals surface area contributed by atoms with E-state index in [1.807, 2.05) is 50.0 Å². The number of alkyl carbamates (subject to hydrolysis) is 1. The number of nitrogens with zero attached hydrogens (tertiary/aromatic N) is 2. The van der Waals surface area contributed by atoms with Gasteiger partial charge in [-0.1, -0.05) is 12.1 Å². The van der Waals surface area contributed by atoms with Gasteiger partial charge in [0.2, 0.25) is 5.91 Å². The van der Waals surface area contributed by atoms with Crippen LogP contribution >= 0.6 is 0 Å². The Morgan fingerprint density at radius 1 is 1.09 bits per heavy atom. The van der Waals surface area contributed by atoms with E-state index in [0.29, 0.717) is 19.5 Å². The van der Waals surface area contributed by atoms with Gasteiger partial charge in [-0.3, -0.25) is 14.6 Å². The number of amides is 3. The second-order valence-corrected chi connectivity index (χ2v) is 10.7. The summed E-state index contributed by atoms with van der Waals surface area (Å²) in [7, 11) is 1.61. The van der Waals surface area contributed by atoms with Crippen molar-refractivity contribution in [3.8, 4) is 5.75 Å². The molecule has 1 fully saturated rings. The first kappa shape index (κ1) is 27.4. The summed E-state index contributed by atoms with van der Waals surface area (Å²) in [5.74, 6) is 0.158. The van der Waals surface area contributed by atoms with E-state index < -0.39 is 29.3 Å². The third kappa shape index (κ3) is 8.20. The lowest BCUT2D eigenvalue weighted by Gasteiger charge is -2.45. The van der Waals surface area contributed by atoms with Crippen molar-refractivity contribution in [3.05, 3.63) is 29.8 Å². The minimum absolute atomic E-state index is 0.218. The number of hydrogen-bond acceptors (Lipinski definition) is 6. The zero-order chi connectivity index (χ0) is 25.7. The van der Waals surface area contributed by atoms with Crippen LogP contribution in [0.1, 0.15) is 66.9 Å². The Hall–Kier alpha value is -2.81. The number of carbonyl (C=O) groups excluding carboxylic acids is 3. The van der Waals surface area contributed by atoms with E-state index in [0.717, 1.165) is 17.7 Å². The second-order valence-electron chi connectivity index (χ2n) is 10.7. The Bertz CT molecular complexity index is 858. The molecule has 0 radical (unpaired) electrons. The first-order chi connectivity index (χ1) is 15.7. The summed E-state index contributed by atoms with van der Waals surface area (Å²) < 4.78 is 10.5. The van der Waals surface area contributed by atoms with Crippen LogP contribution in [0.5, 0.6) is 5.75 Å². The maximum absolute atomic E-state index is 13.6. The number of carbonyl (C=O) groups is 3. The zero-order valence-corrected chi connectivity index (χ0v) is 21.7. The molecule has 2 atom stereocenters. The summed E-state index contributed by atoms with van der Waals surface area (Å²) >= 11 is 0. The van der Waals surface area contributed by atoms with Crippen LogP contribution in [0, 0.1) is 0 Å². The van der Waals surface area contributed by atoms with Gasteiger partial charge in [-0.2, -0.15) is 0 Å². The molecule has 1 aromatic rings. The SMILES string of the molecule is COc1ccc(CN2CCCC(C(=O)NC(C)(C)C)N2C(=O)[C@H](C)NC(=O)OC(C)(C)C)cc1. The Morgan fingerprint density at radius 2 is 1.71 bits per heavy atom. The minimum Gasteiger partial charge on any atom is -0.497 e. The number of hydrazine groups is 1. The fourth-order valence-electron chi connectivity index (χ4n) is 3.72. The molecule has 9 heteroatoms. The minimum atomic E-state index is -0.878. The molecule has 0 saturated carbocycles. The maximum Gasteiger partial charge on any atom is 0.408 e. The quantitative estimate of drug-likeness (QED) is 0.654. The molecule has 3 amide bonds. The molecule has 2 rings (SSSR count). The molecule has 0 aliphatic carbocycles. The van der Waals surface area contributed by atoms with Gasteiger partial charge in [0.15, 0.2) is 0 Å². The van der Waals surface area contributed by atoms with Crippen LogP contribution in [-0.4, -0.2) is 64.8 Å². The normalized spacial score (nSPS) is 18.1.